The van der Waals surface area contributed by atoms with Crippen molar-refractivity contribution in [3.8, 4) is 0 Å². The van der Waals surface area contributed by atoms with Gasteiger partial charge in [0.15, 0.2) is 0 Å². The van der Waals surface area contributed by atoms with Crippen molar-refractivity contribution < 1.29 is 16.8 Å². The monoisotopic (exact) mass is 374 g/mol. The lowest BCUT2D eigenvalue weighted by atomic mass is 10.2. The molecule has 124 valence electrons. The van der Waals surface area contributed by atoms with Gasteiger partial charge in [0.2, 0.25) is 10.0 Å². The van der Waals surface area contributed by atoms with Gasteiger partial charge in [-0.3, -0.25) is 4.72 Å². The maximum atomic E-state index is 12.3. The molecule has 0 aliphatic rings. The summed E-state index contributed by atoms with van der Waals surface area (Å²) in [4.78, 5) is -0.00473. The van der Waals surface area contributed by atoms with Crippen LogP contribution in [0.3, 0.4) is 0 Å². The van der Waals surface area contributed by atoms with Crippen molar-refractivity contribution in [2.75, 3.05) is 11.8 Å². The molecule has 0 spiro atoms. The van der Waals surface area contributed by atoms with Crippen molar-refractivity contribution in [3.63, 3.8) is 0 Å². The van der Waals surface area contributed by atoms with Gasteiger partial charge in [-0.25, -0.2) is 21.6 Å². The number of nitrogens with one attached hydrogen (secondary N) is 2. The summed E-state index contributed by atoms with van der Waals surface area (Å²) >= 11 is 5.80. The van der Waals surface area contributed by atoms with Crippen molar-refractivity contribution in [1.82, 2.24) is 4.72 Å². The molecule has 2 aromatic rings. The summed E-state index contributed by atoms with van der Waals surface area (Å²) in [6.07, 6.45) is 0. The van der Waals surface area contributed by atoms with Crippen LogP contribution in [0.1, 0.15) is 5.56 Å². The van der Waals surface area contributed by atoms with Crippen molar-refractivity contribution in [2.24, 2.45) is 0 Å². The lowest BCUT2D eigenvalue weighted by Crippen LogP contribution is -2.20. The quantitative estimate of drug-likeness (QED) is 0.840. The van der Waals surface area contributed by atoms with E-state index in [4.69, 9.17) is 11.6 Å². The minimum atomic E-state index is -3.87. The largest absolute Gasteiger partial charge is 0.280 e. The minimum absolute atomic E-state index is 0.00583. The number of benzene rings is 2. The predicted molar refractivity (Wildman–Crippen MR) is 89.7 cm³/mol. The molecule has 0 aromatic heterocycles. The Labute approximate surface area is 140 Å². The molecule has 0 bridgehead atoms. The molecule has 6 nitrogen and oxygen atoms in total. The number of aryl methyl sites for hydroxylation is 1. The molecule has 0 heterocycles. The lowest BCUT2D eigenvalue weighted by molar-refractivity contribution is 0.587. The molecule has 2 N–H and O–H groups in total. The second-order valence-corrected chi connectivity index (χ2v) is 8.72. The zero-order valence-electron chi connectivity index (χ0n) is 12.4. The molecule has 2 aromatic carbocycles. The normalized spacial score (nSPS) is 12.1. The average Bonchev–Trinajstić information content (AvgIpc) is 2.49. The van der Waals surface area contributed by atoms with Gasteiger partial charge in [0, 0.05) is 5.02 Å². The van der Waals surface area contributed by atoms with Crippen LogP contribution in [0.5, 0.6) is 0 Å². The van der Waals surface area contributed by atoms with Gasteiger partial charge < -0.3 is 0 Å². The van der Waals surface area contributed by atoms with Crippen LogP contribution in [-0.2, 0) is 20.0 Å². The predicted octanol–water partition coefficient (Wildman–Crippen LogP) is 2.36. The van der Waals surface area contributed by atoms with Crippen LogP contribution in [0.15, 0.2) is 52.3 Å². The molecule has 0 radical (unpaired) electrons. The van der Waals surface area contributed by atoms with E-state index < -0.39 is 20.0 Å². The molecule has 0 fully saturated rings. The standard InChI is InChI=1S/C14H15ClN2O4S2/c1-10-6-7-12(9-14(10)23(20,21)16-2)17-22(18,19)13-5-3-4-11(15)8-13/h3-9,16-17H,1-2H3. The topological polar surface area (TPSA) is 92.3 Å². The highest BCUT2D eigenvalue weighted by molar-refractivity contribution is 7.92. The smallest absolute Gasteiger partial charge is 0.261 e. The Kier molecular flexibility index (Phi) is 5.00. The number of hydrogen-bond donors (Lipinski definition) is 2. The number of rotatable bonds is 5. The van der Waals surface area contributed by atoms with Gasteiger partial charge in [0.05, 0.1) is 15.5 Å². The fraction of sp³-hybridized carbons (Fsp3) is 0.143. The van der Waals surface area contributed by atoms with Crippen molar-refractivity contribution in [1.29, 1.82) is 0 Å². The number of sulfonamides is 2. The molecule has 0 aliphatic carbocycles. The molecule has 0 amide bonds. The SMILES string of the molecule is CNS(=O)(=O)c1cc(NS(=O)(=O)c2cccc(Cl)c2)ccc1C. The molecular formula is C14H15ClN2O4S2. The Balaban J connectivity index is 2.43. The van der Waals surface area contributed by atoms with Gasteiger partial charge in [-0.15, -0.1) is 0 Å². The number of anilines is 1. The Morgan fingerprint density at radius 1 is 0.957 bits per heavy atom. The molecular weight excluding hydrogens is 360 g/mol. The summed E-state index contributed by atoms with van der Waals surface area (Å²) in [6.45, 7) is 1.62. The molecule has 23 heavy (non-hydrogen) atoms. The van der Waals surface area contributed by atoms with Crippen LogP contribution < -0.4 is 9.44 Å². The highest BCUT2D eigenvalue weighted by Crippen LogP contribution is 2.23. The lowest BCUT2D eigenvalue weighted by Gasteiger charge is -2.12. The van der Waals surface area contributed by atoms with Gasteiger partial charge in [0.1, 0.15) is 0 Å². The fourth-order valence-electron chi connectivity index (χ4n) is 1.91. The maximum absolute atomic E-state index is 12.3. The van der Waals surface area contributed by atoms with E-state index in [0.717, 1.165) is 0 Å². The molecule has 2 rings (SSSR count). The first kappa shape index (κ1) is 17.7. The van der Waals surface area contributed by atoms with E-state index in [2.05, 4.69) is 9.44 Å². The Morgan fingerprint density at radius 2 is 1.65 bits per heavy atom. The van der Waals surface area contributed by atoms with E-state index >= 15 is 0 Å². The van der Waals surface area contributed by atoms with Crippen LogP contribution in [-0.4, -0.2) is 23.9 Å². The van der Waals surface area contributed by atoms with E-state index in [1.807, 2.05) is 0 Å². The summed E-state index contributed by atoms with van der Waals surface area (Å²) in [5.74, 6) is 0. The highest BCUT2D eigenvalue weighted by atomic mass is 35.5. The van der Waals surface area contributed by atoms with Crippen LogP contribution in [0.4, 0.5) is 5.69 Å². The zero-order valence-corrected chi connectivity index (χ0v) is 14.8. The van der Waals surface area contributed by atoms with E-state index in [1.165, 1.54) is 43.4 Å². The van der Waals surface area contributed by atoms with E-state index in [1.54, 1.807) is 13.0 Å². The summed E-state index contributed by atoms with van der Waals surface area (Å²) in [6, 6.07) is 10.1. The van der Waals surface area contributed by atoms with Crippen molar-refractivity contribution in [2.45, 2.75) is 16.7 Å². The van der Waals surface area contributed by atoms with Gasteiger partial charge in [-0.05, 0) is 49.9 Å². The Bertz CT molecular complexity index is 941. The molecule has 0 unspecified atom stereocenters. The second-order valence-electron chi connectivity index (χ2n) is 4.75. The summed E-state index contributed by atoms with van der Waals surface area (Å²) in [5.41, 5.74) is 0.648. The second kappa shape index (κ2) is 6.48. The Hall–Kier alpha value is -1.61. The van der Waals surface area contributed by atoms with Gasteiger partial charge >= 0.3 is 0 Å². The van der Waals surface area contributed by atoms with Crippen molar-refractivity contribution in [3.05, 3.63) is 53.1 Å². The number of hydrogen-bond acceptors (Lipinski definition) is 4. The molecule has 9 heteroatoms. The number of halogens is 1. The fourth-order valence-corrected chi connectivity index (χ4v) is 4.26. The maximum Gasteiger partial charge on any atom is 0.261 e. The van der Waals surface area contributed by atoms with Crippen LogP contribution in [0.25, 0.3) is 0 Å². The zero-order chi connectivity index (χ0) is 17.3. The van der Waals surface area contributed by atoms with Crippen molar-refractivity contribution >= 4 is 37.3 Å². The average molecular weight is 375 g/mol. The molecule has 0 saturated heterocycles. The third kappa shape index (κ3) is 4.03. The van der Waals surface area contributed by atoms with Gasteiger partial charge in [-0.2, -0.15) is 0 Å². The summed E-state index contributed by atoms with van der Waals surface area (Å²) in [7, 11) is -6.26. The van der Waals surface area contributed by atoms with E-state index in [0.29, 0.717) is 5.56 Å². The Morgan fingerprint density at radius 3 is 2.26 bits per heavy atom. The summed E-state index contributed by atoms with van der Waals surface area (Å²) in [5, 5.41) is 0.287. The van der Waals surface area contributed by atoms with Gasteiger partial charge in [-0.1, -0.05) is 23.7 Å². The van der Waals surface area contributed by atoms with Crippen LogP contribution in [0.2, 0.25) is 5.02 Å². The first-order valence-corrected chi connectivity index (χ1v) is 9.83. The third-order valence-corrected chi connectivity index (χ3v) is 6.28. The minimum Gasteiger partial charge on any atom is -0.280 e. The molecule has 0 atom stereocenters. The molecule has 0 saturated carbocycles. The highest BCUT2D eigenvalue weighted by Gasteiger charge is 2.18. The van der Waals surface area contributed by atoms with E-state index in [-0.39, 0.29) is 20.5 Å². The first-order chi connectivity index (χ1) is 10.7. The third-order valence-electron chi connectivity index (χ3n) is 3.10. The van der Waals surface area contributed by atoms with Crippen LogP contribution >= 0.6 is 11.6 Å². The first-order valence-electron chi connectivity index (χ1n) is 6.48. The van der Waals surface area contributed by atoms with Gasteiger partial charge in [0.25, 0.3) is 10.0 Å². The summed E-state index contributed by atoms with van der Waals surface area (Å²) < 4.78 is 53.1. The van der Waals surface area contributed by atoms with E-state index in [9.17, 15) is 16.8 Å². The van der Waals surface area contributed by atoms with Crippen LogP contribution in [0, 0.1) is 6.92 Å². The molecule has 0 aliphatic heterocycles.